The molecular weight excluding hydrogens is 363 g/mol. The number of ether oxygens (including phenoxy) is 2. The van der Waals surface area contributed by atoms with Gasteiger partial charge in [0, 0.05) is 10.6 Å². The quantitative estimate of drug-likeness (QED) is 0.610. The molecule has 2 aromatic rings. The first-order valence-corrected chi connectivity index (χ1v) is 8.26. The van der Waals surface area contributed by atoms with Crippen LogP contribution in [0.2, 0.25) is 0 Å². The zero-order chi connectivity index (χ0) is 19.4. The number of amides is 1. The molecule has 0 spiro atoms. The van der Waals surface area contributed by atoms with Crippen molar-refractivity contribution in [2.24, 2.45) is 0 Å². The van der Waals surface area contributed by atoms with Crippen molar-refractivity contribution >= 4 is 39.9 Å². The highest BCUT2D eigenvalue weighted by molar-refractivity contribution is 7.16. The Bertz CT molecular complexity index is 878. The summed E-state index contributed by atoms with van der Waals surface area (Å²) in [6.07, 6.45) is 0. The van der Waals surface area contributed by atoms with Crippen LogP contribution >= 0.6 is 11.3 Å². The van der Waals surface area contributed by atoms with Crippen LogP contribution < -0.4 is 11.1 Å². The number of esters is 2. The molecule has 0 aliphatic carbocycles. The first-order valence-electron chi connectivity index (χ1n) is 7.45. The highest BCUT2D eigenvalue weighted by Crippen LogP contribution is 2.32. The van der Waals surface area contributed by atoms with E-state index in [0.29, 0.717) is 10.6 Å². The highest BCUT2D eigenvalue weighted by atomic mass is 32.1. The van der Waals surface area contributed by atoms with Crippen molar-refractivity contribution in [2.75, 3.05) is 24.8 Å². The van der Waals surface area contributed by atoms with Crippen molar-refractivity contribution in [3.63, 3.8) is 0 Å². The second-order valence-electron chi connectivity index (χ2n) is 5.33. The number of rotatable bonds is 5. The summed E-state index contributed by atoms with van der Waals surface area (Å²) in [5, 5.41) is 2.84. The van der Waals surface area contributed by atoms with Crippen molar-refractivity contribution in [3.05, 3.63) is 45.6 Å². The van der Waals surface area contributed by atoms with Gasteiger partial charge in [0.2, 0.25) is 0 Å². The standard InChI is InChI=1S/C17H17FN2O5S/c1-8-9(2)26-15(14(8)17(23)24-3)20-13(21)7-25-16(22)11-5-4-10(18)6-12(11)19/h4-6H,7,19H2,1-3H3,(H,20,21). The number of thiophene rings is 1. The van der Waals surface area contributed by atoms with Gasteiger partial charge in [-0.2, -0.15) is 0 Å². The van der Waals surface area contributed by atoms with Gasteiger partial charge in [-0.1, -0.05) is 0 Å². The van der Waals surface area contributed by atoms with E-state index in [4.69, 9.17) is 15.2 Å². The van der Waals surface area contributed by atoms with Crippen LogP contribution in [0.1, 0.15) is 31.2 Å². The van der Waals surface area contributed by atoms with Crippen LogP contribution in [0, 0.1) is 19.7 Å². The Kier molecular flexibility index (Phi) is 5.93. The van der Waals surface area contributed by atoms with Crippen molar-refractivity contribution in [2.45, 2.75) is 13.8 Å². The Morgan fingerprint density at radius 2 is 1.92 bits per heavy atom. The fraction of sp³-hybridized carbons (Fsp3) is 0.235. The van der Waals surface area contributed by atoms with E-state index < -0.39 is 30.3 Å². The normalized spacial score (nSPS) is 10.3. The van der Waals surface area contributed by atoms with E-state index in [1.807, 2.05) is 0 Å². The fourth-order valence-electron chi connectivity index (χ4n) is 2.15. The third-order valence-electron chi connectivity index (χ3n) is 3.60. The Hall–Kier alpha value is -2.94. The summed E-state index contributed by atoms with van der Waals surface area (Å²) >= 11 is 1.21. The molecule has 3 N–H and O–H groups in total. The Balaban J connectivity index is 2.05. The number of benzene rings is 1. The molecule has 0 saturated carbocycles. The number of nitrogens with two attached hydrogens (primary N) is 1. The second kappa shape index (κ2) is 7.96. The smallest absolute Gasteiger partial charge is 0.341 e. The van der Waals surface area contributed by atoms with Gasteiger partial charge in [-0.15, -0.1) is 11.3 Å². The molecule has 0 aliphatic rings. The van der Waals surface area contributed by atoms with E-state index in [1.165, 1.54) is 24.5 Å². The molecule has 1 aromatic heterocycles. The topological polar surface area (TPSA) is 108 Å². The molecule has 7 nitrogen and oxygen atoms in total. The number of nitrogens with one attached hydrogen (secondary N) is 1. The lowest BCUT2D eigenvalue weighted by Crippen LogP contribution is -2.22. The molecule has 1 heterocycles. The van der Waals surface area contributed by atoms with Crippen LogP contribution in [0.4, 0.5) is 15.1 Å². The lowest BCUT2D eigenvalue weighted by molar-refractivity contribution is -0.119. The largest absolute Gasteiger partial charge is 0.465 e. The van der Waals surface area contributed by atoms with Gasteiger partial charge >= 0.3 is 11.9 Å². The minimum Gasteiger partial charge on any atom is -0.465 e. The van der Waals surface area contributed by atoms with Crippen LogP contribution in [0.25, 0.3) is 0 Å². The minimum atomic E-state index is -0.857. The van der Waals surface area contributed by atoms with Gasteiger partial charge in [0.05, 0.1) is 18.2 Å². The van der Waals surface area contributed by atoms with Gasteiger partial charge in [0.25, 0.3) is 5.91 Å². The maximum absolute atomic E-state index is 13.0. The average Bonchev–Trinajstić information content (AvgIpc) is 2.86. The van der Waals surface area contributed by atoms with Crippen molar-refractivity contribution < 1.29 is 28.2 Å². The highest BCUT2D eigenvalue weighted by Gasteiger charge is 2.22. The van der Waals surface area contributed by atoms with Crippen LogP contribution in [-0.4, -0.2) is 31.6 Å². The predicted molar refractivity (Wildman–Crippen MR) is 94.9 cm³/mol. The van der Waals surface area contributed by atoms with Gasteiger partial charge < -0.3 is 20.5 Å². The van der Waals surface area contributed by atoms with Gasteiger partial charge in [0.15, 0.2) is 6.61 Å². The summed E-state index contributed by atoms with van der Waals surface area (Å²) in [5.41, 5.74) is 6.38. The maximum Gasteiger partial charge on any atom is 0.341 e. The molecule has 0 aliphatic heterocycles. The van der Waals surface area contributed by atoms with Crippen LogP contribution in [0.15, 0.2) is 18.2 Å². The minimum absolute atomic E-state index is 0.0442. The number of halogens is 1. The lowest BCUT2D eigenvalue weighted by Gasteiger charge is -2.08. The molecule has 1 aromatic carbocycles. The van der Waals surface area contributed by atoms with E-state index >= 15 is 0 Å². The molecule has 0 unspecified atom stereocenters. The van der Waals surface area contributed by atoms with Gasteiger partial charge in [-0.3, -0.25) is 4.79 Å². The molecule has 9 heteroatoms. The summed E-state index contributed by atoms with van der Waals surface area (Å²) in [7, 11) is 1.25. The predicted octanol–water partition coefficient (Wildman–Crippen LogP) is 2.67. The van der Waals surface area contributed by atoms with E-state index in [9.17, 15) is 18.8 Å². The first kappa shape index (κ1) is 19.4. The third-order valence-corrected chi connectivity index (χ3v) is 4.72. The molecule has 0 radical (unpaired) electrons. The van der Waals surface area contributed by atoms with Gasteiger partial charge in [-0.25, -0.2) is 14.0 Å². The van der Waals surface area contributed by atoms with E-state index in [-0.39, 0.29) is 16.8 Å². The lowest BCUT2D eigenvalue weighted by atomic mass is 10.1. The van der Waals surface area contributed by atoms with Crippen molar-refractivity contribution in [1.29, 1.82) is 0 Å². The first-order chi connectivity index (χ1) is 12.2. The monoisotopic (exact) mass is 380 g/mol. The molecule has 0 fully saturated rings. The summed E-state index contributed by atoms with van der Waals surface area (Å²) in [4.78, 5) is 36.7. The number of aryl methyl sites for hydroxylation is 1. The molecule has 0 atom stereocenters. The van der Waals surface area contributed by atoms with Gasteiger partial charge in [-0.05, 0) is 37.6 Å². The fourth-order valence-corrected chi connectivity index (χ4v) is 3.22. The summed E-state index contributed by atoms with van der Waals surface area (Å²) < 4.78 is 22.6. The third kappa shape index (κ3) is 4.17. The van der Waals surface area contributed by atoms with E-state index in [1.54, 1.807) is 13.8 Å². The van der Waals surface area contributed by atoms with Crippen LogP contribution in [0.3, 0.4) is 0 Å². The number of carbonyl (C=O) groups excluding carboxylic acids is 3. The summed E-state index contributed by atoms with van der Waals surface area (Å²) in [5.74, 6) is -2.65. The summed E-state index contributed by atoms with van der Waals surface area (Å²) in [6, 6.07) is 3.22. The van der Waals surface area contributed by atoms with Gasteiger partial charge in [0.1, 0.15) is 10.8 Å². The number of hydrogen-bond acceptors (Lipinski definition) is 7. The van der Waals surface area contributed by atoms with Crippen LogP contribution in [0.5, 0.6) is 0 Å². The van der Waals surface area contributed by atoms with Crippen LogP contribution in [-0.2, 0) is 14.3 Å². The molecule has 138 valence electrons. The Labute approximate surface area is 152 Å². The molecular formula is C17H17FN2O5S. The molecule has 0 saturated heterocycles. The summed E-state index contributed by atoms with van der Waals surface area (Å²) in [6.45, 7) is 2.96. The van der Waals surface area contributed by atoms with Crippen molar-refractivity contribution in [1.82, 2.24) is 0 Å². The second-order valence-corrected chi connectivity index (χ2v) is 6.56. The number of hydrogen-bond donors (Lipinski definition) is 2. The molecule has 1 amide bonds. The zero-order valence-electron chi connectivity index (χ0n) is 14.3. The number of nitrogen functional groups attached to an aromatic ring is 1. The number of anilines is 2. The van der Waals surface area contributed by atoms with E-state index in [2.05, 4.69) is 5.32 Å². The molecule has 26 heavy (non-hydrogen) atoms. The Morgan fingerprint density at radius 3 is 2.54 bits per heavy atom. The zero-order valence-corrected chi connectivity index (χ0v) is 15.2. The molecule has 2 rings (SSSR count). The van der Waals surface area contributed by atoms with E-state index in [0.717, 1.165) is 17.0 Å². The Morgan fingerprint density at radius 1 is 1.23 bits per heavy atom. The average molecular weight is 380 g/mol. The SMILES string of the molecule is COC(=O)c1c(NC(=O)COC(=O)c2ccc(F)cc2N)sc(C)c1C. The number of carbonyl (C=O) groups is 3. The molecule has 0 bridgehead atoms. The van der Waals surface area contributed by atoms with Crippen molar-refractivity contribution in [3.8, 4) is 0 Å². The number of methoxy groups -OCH3 is 1. The maximum atomic E-state index is 13.0.